The van der Waals surface area contributed by atoms with Crippen molar-refractivity contribution in [2.75, 3.05) is 6.61 Å². The van der Waals surface area contributed by atoms with Gasteiger partial charge in [-0.2, -0.15) is 5.26 Å². The lowest BCUT2D eigenvalue weighted by Gasteiger charge is -2.44. The van der Waals surface area contributed by atoms with Crippen LogP contribution in [0.15, 0.2) is 91.0 Å². The third-order valence-electron chi connectivity index (χ3n) is 6.26. The number of nitrogens with zero attached hydrogens (tertiary/aromatic N) is 1. The zero-order chi connectivity index (χ0) is 25.0. The fourth-order valence-corrected chi connectivity index (χ4v) is 4.38. The molecule has 1 N–H and O–H groups in total. The first kappa shape index (κ1) is 26.0. The Hall–Kier alpha value is -3.05. The largest absolute Gasteiger partial charge is 0.388 e. The monoisotopic (exact) mass is 487 g/mol. The minimum atomic E-state index is -0.937. The van der Waals surface area contributed by atoms with Crippen LogP contribution in [0.4, 0.5) is 0 Å². The molecule has 1 saturated heterocycles. The lowest BCUT2D eigenvalue weighted by atomic mass is 9.92. The molecule has 6 nitrogen and oxygen atoms in total. The molecule has 0 unspecified atom stereocenters. The predicted octanol–water partition coefficient (Wildman–Crippen LogP) is 4.81. The van der Waals surface area contributed by atoms with E-state index in [1.807, 2.05) is 91.0 Å². The minimum Gasteiger partial charge on any atom is -0.388 e. The van der Waals surface area contributed by atoms with Crippen molar-refractivity contribution < 1.29 is 24.1 Å². The van der Waals surface area contributed by atoms with Gasteiger partial charge in [-0.25, -0.2) is 0 Å². The van der Waals surface area contributed by atoms with E-state index in [-0.39, 0.29) is 13.0 Å². The summed E-state index contributed by atoms with van der Waals surface area (Å²) in [4.78, 5) is 0. The van der Waals surface area contributed by atoms with Crippen LogP contribution in [-0.2, 0) is 38.8 Å². The van der Waals surface area contributed by atoms with Crippen LogP contribution in [-0.4, -0.2) is 42.2 Å². The van der Waals surface area contributed by atoms with Crippen LogP contribution in [0, 0.1) is 11.3 Å². The molecule has 36 heavy (non-hydrogen) atoms. The van der Waals surface area contributed by atoms with Crippen molar-refractivity contribution in [1.82, 2.24) is 0 Å². The average Bonchev–Trinajstić information content (AvgIpc) is 2.93. The molecule has 1 aliphatic heterocycles. The Labute approximate surface area is 213 Å². The molecule has 0 aliphatic carbocycles. The minimum absolute atomic E-state index is 0.273. The van der Waals surface area contributed by atoms with E-state index in [2.05, 4.69) is 6.07 Å². The molecule has 5 atom stereocenters. The van der Waals surface area contributed by atoms with Crippen molar-refractivity contribution in [3.05, 3.63) is 108 Å². The molecule has 188 valence electrons. The van der Waals surface area contributed by atoms with Crippen molar-refractivity contribution in [2.45, 2.75) is 63.2 Å². The summed E-state index contributed by atoms with van der Waals surface area (Å²) in [6, 6.07) is 31.8. The Morgan fingerprint density at radius 2 is 1.19 bits per heavy atom. The average molecular weight is 488 g/mol. The molecule has 1 heterocycles. The van der Waals surface area contributed by atoms with Crippen LogP contribution >= 0.6 is 0 Å². The van der Waals surface area contributed by atoms with E-state index in [0.717, 1.165) is 16.7 Å². The highest BCUT2D eigenvalue weighted by Crippen LogP contribution is 2.30. The molecule has 0 spiro atoms. The first-order valence-corrected chi connectivity index (χ1v) is 12.4. The Morgan fingerprint density at radius 3 is 1.72 bits per heavy atom. The van der Waals surface area contributed by atoms with E-state index < -0.39 is 30.5 Å². The summed E-state index contributed by atoms with van der Waals surface area (Å²) in [5, 5.41) is 20.4. The van der Waals surface area contributed by atoms with Gasteiger partial charge in [0.2, 0.25) is 0 Å². The highest BCUT2D eigenvalue weighted by atomic mass is 16.6. The van der Waals surface area contributed by atoms with Gasteiger partial charge >= 0.3 is 0 Å². The normalized spacial score (nSPS) is 23.7. The smallest absolute Gasteiger partial charge is 0.115 e. The lowest BCUT2D eigenvalue weighted by molar-refractivity contribution is -0.261. The molecular weight excluding hydrogens is 454 g/mol. The number of nitriles is 1. The van der Waals surface area contributed by atoms with Crippen LogP contribution in [0.25, 0.3) is 0 Å². The number of ether oxygens (including phenoxy) is 4. The number of rotatable bonds is 12. The standard InChI is InChI=1S/C30H33NO5/c31-18-10-17-26-28(32)30(35-21-25-15-8-3-9-16-25)29(34-20-24-13-6-2-7-14-24)27(36-26)22-33-19-23-11-4-1-5-12-23/h1-9,11-16,26-30,32H,10,17,19-22H2/t26-,27-,28+,29-,30-/m1/s1. The number of hydrogen-bond acceptors (Lipinski definition) is 6. The van der Waals surface area contributed by atoms with Crippen LogP contribution in [0.2, 0.25) is 0 Å². The third kappa shape index (κ3) is 7.47. The molecule has 0 saturated carbocycles. The van der Waals surface area contributed by atoms with Crippen molar-refractivity contribution in [3.8, 4) is 6.07 Å². The topological polar surface area (TPSA) is 80.9 Å². The van der Waals surface area contributed by atoms with Gasteiger partial charge in [0, 0.05) is 6.42 Å². The molecule has 3 aromatic rings. The molecule has 0 radical (unpaired) electrons. The summed E-state index contributed by atoms with van der Waals surface area (Å²) in [6.07, 6.45) is -2.47. The molecule has 6 heteroatoms. The van der Waals surface area contributed by atoms with Gasteiger partial charge in [0.1, 0.15) is 24.4 Å². The summed E-state index contributed by atoms with van der Waals surface area (Å²) in [6.45, 7) is 1.39. The molecule has 0 bridgehead atoms. The van der Waals surface area contributed by atoms with E-state index in [0.29, 0.717) is 26.2 Å². The summed E-state index contributed by atoms with van der Waals surface area (Å²) < 4.78 is 25.0. The Kier molecular flexibility index (Phi) is 10.0. The fourth-order valence-electron chi connectivity index (χ4n) is 4.38. The van der Waals surface area contributed by atoms with E-state index >= 15 is 0 Å². The summed E-state index contributed by atoms with van der Waals surface area (Å²) in [5.41, 5.74) is 3.08. The van der Waals surface area contributed by atoms with E-state index in [1.54, 1.807) is 0 Å². The highest BCUT2D eigenvalue weighted by molar-refractivity contribution is 5.15. The first-order valence-electron chi connectivity index (χ1n) is 12.4. The summed E-state index contributed by atoms with van der Waals surface area (Å²) >= 11 is 0. The molecule has 1 fully saturated rings. The van der Waals surface area contributed by atoms with Gasteiger partial charge in [-0.3, -0.25) is 0 Å². The number of hydrogen-bond donors (Lipinski definition) is 1. The molecule has 3 aromatic carbocycles. The van der Waals surface area contributed by atoms with Crippen molar-refractivity contribution in [1.29, 1.82) is 5.26 Å². The van der Waals surface area contributed by atoms with Crippen LogP contribution in [0.5, 0.6) is 0 Å². The number of benzene rings is 3. The van der Waals surface area contributed by atoms with Gasteiger partial charge in [-0.05, 0) is 23.1 Å². The number of aliphatic hydroxyl groups is 1. The molecule has 0 aromatic heterocycles. The summed E-state index contributed by atoms with van der Waals surface area (Å²) in [7, 11) is 0. The second kappa shape index (κ2) is 13.9. The fraction of sp³-hybridized carbons (Fsp3) is 0.367. The zero-order valence-corrected chi connectivity index (χ0v) is 20.3. The molecular formula is C30H33NO5. The second-order valence-electron chi connectivity index (χ2n) is 8.92. The van der Waals surface area contributed by atoms with Gasteiger partial charge in [-0.1, -0.05) is 91.0 Å². The van der Waals surface area contributed by atoms with Gasteiger partial charge in [-0.15, -0.1) is 0 Å². The zero-order valence-electron chi connectivity index (χ0n) is 20.3. The maximum Gasteiger partial charge on any atom is 0.115 e. The SMILES string of the molecule is N#CCC[C@H]1O[C@H](COCc2ccccc2)[C@@H](OCc2ccccc2)[C@H](OCc2ccccc2)[C@H]1O. The van der Waals surface area contributed by atoms with Crippen molar-refractivity contribution in [3.63, 3.8) is 0 Å². The molecule has 4 rings (SSSR count). The third-order valence-corrected chi connectivity index (χ3v) is 6.26. The van der Waals surface area contributed by atoms with Gasteiger partial charge in [0.15, 0.2) is 0 Å². The maximum atomic E-state index is 11.2. The maximum absolute atomic E-state index is 11.2. The molecule has 1 aliphatic rings. The molecule has 0 amide bonds. The van der Waals surface area contributed by atoms with Crippen LogP contribution in [0.1, 0.15) is 29.5 Å². The predicted molar refractivity (Wildman–Crippen MR) is 136 cm³/mol. The van der Waals surface area contributed by atoms with E-state index in [1.165, 1.54) is 0 Å². The van der Waals surface area contributed by atoms with Crippen LogP contribution < -0.4 is 0 Å². The lowest BCUT2D eigenvalue weighted by Crippen LogP contribution is -2.60. The van der Waals surface area contributed by atoms with Crippen molar-refractivity contribution >= 4 is 0 Å². The van der Waals surface area contributed by atoms with E-state index in [4.69, 9.17) is 24.2 Å². The van der Waals surface area contributed by atoms with Gasteiger partial charge < -0.3 is 24.1 Å². The van der Waals surface area contributed by atoms with Crippen molar-refractivity contribution in [2.24, 2.45) is 0 Å². The Bertz CT molecular complexity index is 1060. The second-order valence-corrected chi connectivity index (χ2v) is 8.92. The first-order chi connectivity index (χ1) is 17.7. The van der Waals surface area contributed by atoms with E-state index in [9.17, 15) is 5.11 Å². The Morgan fingerprint density at radius 1 is 0.694 bits per heavy atom. The quantitative estimate of drug-likeness (QED) is 0.395. The van der Waals surface area contributed by atoms with Crippen LogP contribution in [0.3, 0.4) is 0 Å². The summed E-state index contributed by atoms with van der Waals surface area (Å²) in [5.74, 6) is 0. The van der Waals surface area contributed by atoms with Gasteiger partial charge in [0.25, 0.3) is 0 Å². The Balaban J connectivity index is 1.51. The number of aliphatic hydroxyl groups excluding tert-OH is 1. The van der Waals surface area contributed by atoms with Gasteiger partial charge in [0.05, 0.1) is 38.6 Å². The highest BCUT2D eigenvalue weighted by Gasteiger charge is 2.46.